The van der Waals surface area contributed by atoms with Crippen molar-refractivity contribution in [2.24, 2.45) is 0 Å². The summed E-state index contributed by atoms with van der Waals surface area (Å²) in [5.41, 5.74) is 1.85. The van der Waals surface area contributed by atoms with E-state index in [0.29, 0.717) is 5.56 Å². The van der Waals surface area contributed by atoms with Crippen LogP contribution in [-0.2, 0) is 0 Å². The second-order valence-electron chi connectivity index (χ2n) is 4.15. The van der Waals surface area contributed by atoms with Crippen molar-refractivity contribution in [3.8, 4) is 0 Å². The SMILES string of the molecule is Cc1ccc(C(=O)NC2CCNC2)c(Br)c1.Cl. The first-order chi connectivity index (χ1) is 7.66. The first kappa shape index (κ1) is 14.5. The quantitative estimate of drug-likeness (QED) is 0.878. The molecule has 1 atom stereocenters. The number of aryl methyl sites for hydroxylation is 1. The van der Waals surface area contributed by atoms with Crippen molar-refractivity contribution in [3.05, 3.63) is 33.8 Å². The van der Waals surface area contributed by atoms with E-state index in [1.54, 1.807) is 0 Å². The van der Waals surface area contributed by atoms with Crippen molar-refractivity contribution >= 4 is 34.2 Å². The van der Waals surface area contributed by atoms with Crippen LogP contribution in [0.15, 0.2) is 22.7 Å². The predicted molar refractivity (Wildman–Crippen MR) is 74.9 cm³/mol. The maximum Gasteiger partial charge on any atom is 0.252 e. The molecule has 1 aliphatic rings. The summed E-state index contributed by atoms with van der Waals surface area (Å²) in [7, 11) is 0. The Kier molecular flexibility index (Phi) is 5.43. The minimum absolute atomic E-state index is 0. The Balaban J connectivity index is 0.00000144. The Morgan fingerprint density at radius 1 is 1.53 bits per heavy atom. The fourth-order valence-electron chi connectivity index (χ4n) is 1.85. The molecule has 1 aromatic rings. The summed E-state index contributed by atoms with van der Waals surface area (Å²) in [6, 6.07) is 6.03. The summed E-state index contributed by atoms with van der Waals surface area (Å²) in [5.74, 6) is 0.000532. The van der Waals surface area contributed by atoms with Crippen LogP contribution in [0.3, 0.4) is 0 Å². The van der Waals surface area contributed by atoms with Crippen LogP contribution in [0.25, 0.3) is 0 Å². The van der Waals surface area contributed by atoms with E-state index in [0.717, 1.165) is 29.5 Å². The van der Waals surface area contributed by atoms with Gasteiger partial charge in [-0.25, -0.2) is 0 Å². The number of halogens is 2. The molecule has 1 aromatic carbocycles. The maximum absolute atomic E-state index is 12.0. The first-order valence-electron chi connectivity index (χ1n) is 5.44. The van der Waals surface area contributed by atoms with Gasteiger partial charge >= 0.3 is 0 Å². The van der Waals surface area contributed by atoms with Gasteiger partial charge in [-0.3, -0.25) is 4.79 Å². The van der Waals surface area contributed by atoms with Crippen LogP contribution >= 0.6 is 28.3 Å². The first-order valence-corrected chi connectivity index (χ1v) is 6.24. The number of rotatable bonds is 2. The normalized spacial score (nSPS) is 18.6. The summed E-state index contributed by atoms with van der Waals surface area (Å²) in [6.07, 6.45) is 1.01. The van der Waals surface area contributed by atoms with Crippen molar-refractivity contribution < 1.29 is 4.79 Å². The molecule has 1 amide bonds. The lowest BCUT2D eigenvalue weighted by molar-refractivity contribution is 0.0939. The molecule has 3 nitrogen and oxygen atoms in total. The zero-order chi connectivity index (χ0) is 11.5. The minimum Gasteiger partial charge on any atom is -0.348 e. The van der Waals surface area contributed by atoms with Gasteiger partial charge in [0.15, 0.2) is 0 Å². The van der Waals surface area contributed by atoms with Crippen LogP contribution < -0.4 is 10.6 Å². The van der Waals surface area contributed by atoms with Crippen LogP contribution in [0.4, 0.5) is 0 Å². The van der Waals surface area contributed by atoms with Crippen LogP contribution in [0.2, 0.25) is 0 Å². The molecular formula is C12H16BrClN2O. The predicted octanol–water partition coefficient (Wildman–Crippen LogP) is 2.27. The van der Waals surface area contributed by atoms with Gasteiger partial charge in [-0.1, -0.05) is 6.07 Å². The van der Waals surface area contributed by atoms with Crippen LogP contribution in [0.5, 0.6) is 0 Å². The van der Waals surface area contributed by atoms with E-state index in [4.69, 9.17) is 0 Å². The molecule has 0 saturated carbocycles. The van der Waals surface area contributed by atoms with E-state index < -0.39 is 0 Å². The molecule has 0 aromatic heterocycles. The molecule has 1 saturated heterocycles. The van der Waals surface area contributed by atoms with Gasteiger partial charge in [-0.05, 0) is 53.5 Å². The Labute approximate surface area is 116 Å². The average molecular weight is 320 g/mol. The van der Waals surface area contributed by atoms with E-state index in [-0.39, 0.29) is 24.4 Å². The zero-order valence-corrected chi connectivity index (χ0v) is 12.0. The third-order valence-electron chi connectivity index (χ3n) is 2.76. The summed E-state index contributed by atoms with van der Waals surface area (Å²) < 4.78 is 0.857. The second-order valence-corrected chi connectivity index (χ2v) is 5.00. The molecule has 0 radical (unpaired) electrons. The highest BCUT2D eigenvalue weighted by molar-refractivity contribution is 9.10. The Morgan fingerprint density at radius 3 is 2.88 bits per heavy atom. The fraction of sp³-hybridized carbons (Fsp3) is 0.417. The fourth-order valence-corrected chi connectivity index (χ4v) is 2.52. The van der Waals surface area contributed by atoms with Gasteiger partial charge in [-0.2, -0.15) is 0 Å². The number of amides is 1. The number of nitrogens with one attached hydrogen (secondary N) is 2. The monoisotopic (exact) mass is 318 g/mol. The van der Waals surface area contributed by atoms with Crippen molar-refractivity contribution in [2.45, 2.75) is 19.4 Å². The summed E-state index contributed by atoms with van der Waals surface area (Å²) >= 11 is 3.42. The van der Waals surface area contributed by atoms with E-state index in [2.05, 4.69) is 26.6 Å². The average Bonchev–Trinajstić information content (AvgIpc) is 2.70. The molecule has 0 aliphatic carbocycles. The van der Waals surface area contributed by atoms with Gasteiger partial charge in [0.05, 0.1) is 5.56 Å². The molecule has 2 N–H and O–H groups in total. The molecule has 1 aliphatic heterocycles. The molecule has 2 rings (SSSR count). The summed E-state index contributed by atoms with van der Waals surface area (Å²) in [5, 5.41) is 6.25. The molecule has 94 valence electrons. The lowest BCUT2D eigenvalue weighted by atomic mass is 10.1. The van der Waals surface area contributed by atoms with Crippen molar-refractivity contribution in [3.63, 3.8) is 0 Å². The number of benzene rings is 1. The van der Waals surface area contributed by atoms with Gasteiger partial charge in [0.25, 0.3) is 5.91 Å². The summed E-state index contributed by atoms with van der Waals surface area (Å²) in [6.45, 7) is 3.86. The Morgan fingerprint density at radius 2 is 2.29 bits per heavy atom. The third-order valence-corrected chi connectivity index (χ3v) is 3.42. The van der Waals surface area contributed by atoms with Gasteiger partial charge in [0.1, 0.15) is 0 Å². The number of hydrogen-bond donors (Lipinski definition) is 2. The van der Waals surface area contributed by atoms with E-state index in [9.17, 15) is 4.79 Å². The lowest BCUT2D eigenvalue weighted by Gasteiger charge is -2.12. The second kappa shape index (κ2) is 6.38. The van der Waals surface area contributed by atoms with Gasteiger partial charge < -0.3 is 10.6 Å². The number of carbonyl (C=O) groups is 1. The molecule has 17 heavy (non-hydrogen) atoms. The number of hydrogen-bond acceptors (Lipinski definition) is 2. The van der Waals surface area contributed by atoms with Crippen LogP contribution in [0.1, 0.15) is 22.3 Å². The minimum atomic E-state index is 0. The van der Waals surface area contributed by atoms with Crippen molar-refractivity contribution in [1.29, 1.82) is 0 Å². The van der Waals surface area contributed by atoms with Gasteiger partial charge in [0.2, 0.25) is 0 Å². The topological polar surface area (TPSA) is 41.1 Å². The smallest absolute Gasteiger partial charge is 0.252 e. The van der Waals surface area contributed by atoms with Crippen molar-refractivity contribution in [1.82, 2.24) is 10.6 Å². The highest BCUT2D eigenvalue weighted by atomic mass is 79.9. The van der Waals surface area contributed by atoms with Crippen molar-refractivity contribution in [2.75, 3.05) is 13.1 Å². The van der Waals surface area contributed by atoms with Gasteiger partial charge in [0, 0.05) is 17.1 Å². The third kappa shape index (κ3) is 3.69. The zero-order valence-electron chi connectivity index (χ0n) is 9.63. The molecule has 0 bridgehead atoms. The molecule has 1 unspecified atom stereocenters. The van der Waals surface area contributed by atoms with E-state index in [1.807, 2.05) is 25.1 Å². The number of carbonyl (C=O) groups excluding carboxylic acids is 1. The van der Waals surface area contributed by atoms with Crippen LogP contribution in [0, 0.1) is 6.92 Å². The van der Waals surface area contributed by atoms with E-state index >= 15 is 0 Å². The van der Waals surface area contributed by atoms with Gasteiger partial charge in [-0.15, -0.1) is 12.4 Å². The Bertz CT molecular complexity index is 405. The molecule has 0 spiro atoms. The largest absolute Gasteiger partial charge is 0.348 e. The summed E-state index contributed by atoms with van der Waals surface area (Å²) in [4.78, 5) is 12.0. The highest BCUT2D eigenvalue weighted by Gasteiger charge is 2.18. The Hall–Kier alpha value is -0.580. The molecular weight excluding hydrogens is 304 g/mol. The molecule has 1 fully saturated rings. The molecule has 1 heterocycles. The highest BCUT2D eigenvalue weighted by Crippen LogP contribution is 2.18. The molecule has 5 heteroatoms. The maximum atomic E-state index is 12.0. The van der Waals surface area contributed by atoms with E-state index in [1.165, 1.54) is 0 Å². The lowest BCUT2D eigenvalue weighted by Crippen LogP contribution is -2.36. The van der Waals surface area contributed by atoms with Crippen LogP contribution in [-0.4, -0.2) is 25.0 Å². The standard InChI is InChI=1S/C12H15BrN2O.ClH/c1-8-2-3-10(11(13)6-8)12(16)15-9-4-5-14-7-9;/h2-3,6,9,14H,4-5,7H2,1H3,(H,15,16);1H.